The molecule has 0 amide bonds. The number of rotatable bonds is 4. The van der Waals surface area contributed by atoms with Crippen LogP contribution in [0.2, 0.25) is 4.34 Å². The minimum Gasteiger partial charge on any atom is -0.388 e. The molecule has 0 aliphatic carbocycles. The molecule has 3 rings (SSSR count). The molecule has 1 N–H and O–H groups in total. The van der Waals surface area contributed by atoms with Gasteiger partial charge in [-0.15, -0.1) is 11.3 Å². The van der Waals surface area contributed by atoms with Gasteiger partial charge >= 0.3 is 0 Å². The van der Waals surface area contributed by atoms with E-state index in [4.69, 9.17) is 11.6 Å². The second kappa shape index (κ2) is 6.44. The molecule has 0 radical (unpaired) electrons. The summed E-state index contributed by atoms with van der Waals surface area (Å²) in [5.41, 5.74) is 3.27. The van der Waals surface area contributed by atoms with Gasteiger partial charge in [-0.1, -0.05) is 66.2 Å². The molecule has 0 fully saturated rings. The largest absolute Gasteiger partial charge is 0.388 e. The minimum atomic E-state index is -0.496. The van der Waals surface area contributed by atoms with Gasteiger partial charge in [-0.2, -0.15) is 0 Å². The molecule has 0 saturated carbocycles. The molecule has 3 heteroatoms. The van der Waals surface area contributed by atoms with Crippen LogP contribution in [0, 0.1) is 0 Å². The van der Waals surface area contributed by atoms with Gasteiger partial charge in [0.15, 0.2) is 0 Å². The van der Waals surface area contributed by atoms with Crippen LogP contribution in [0.3, 0.4) is 0 Å². The van der Waals surface area contributed by atoms with E-state index in [2.05, 4.69) is 24.3 Å². The van der Waals surface area contributed by atoms with Crippen molar-refractivity contribution in [1.29, 1.82) is 0 Å². The van der Waals surface area contributed by atoms with Gasteiger partial charge in [0.1, 0.15) is 0 Å². The summed E-state index contributed by atoms with van der Waals surface area (Å²) < 4.78 is 0.761. The molecule has 1 unspecified atom stereocenters. The highest BCUT2D eigenvalue weighted by Gasteiger charge is 2.10. The first-order chi connectivity index (χ1) is 10.2. The predicted octanol–water partition coefficient (Wildman–Crippen LogP) is 5.34. The van der Waals surface area contributed by atoms with Crippen molar-refractivity contribution in [3.05, 3.63) is 81.5 Å². The fourth-order valence-electron chi connectivity index (χ4n) is 2.30. The predicted molar refractivity (Wildman–Crippen MR) is 89.9 cm³/mol. The number of hydrogen-bond acceptors (Lipinski definition) is 2. The highest BCUT2D eigenvalue weighted by Crippen LogP contribution is 2.28. The molecule has 0 spiro atoms. The number of hydrogen-bond donors (Lipinski definition) is 1. The molecule has 0 saturated heterocycles. The van der Waals surface area contributed by atoms with E-state index in [-0.39, 0.29) is 0 Å². The number of aliphatic hydroxyl groups excluding tert-OH is 1. The Kier molecular flexibility index (Phi) is 4.39. The third-order valence-corrected chi connectivity index (χ3v) is 4.68. The Morgan fingerprint density at radius 2 is 1.52 bits per heavy atom. The topological polar surface area (TPSA) is 20.2 Å². The molecule has 3 aromatic rings. The second-order valence-electron chi connectivity index (χ2n) is 4.91. The van der Waals surface area contributed by atoms with Crippen LogP contribution in [0.5, 0.6) is 0 Å². The van der Waals surface area contributed by atoms with Gasteiger partial charge in [0.05, 0.1) is 10.4 Å². The first-order valence-corrected chi connectivity index (χ1v) is 7.99. The third kappa shape index (κ3) is 3.53. The third-order valence-electron chi connectivity index (χ3n) is 3.43. The summed E-state index contributed by atoms with van der Waals surface area (Å²) in [4.78, 5) is 1.10. The quantitative estimate of drug-likeness (QED) is 0.688. The zero-order chi connectivity index (χ0) is 14.7. The summed E-state index contributed by atoms with van der Waals surface area (Å²) >= 11 is 7.43. The maximum Gasteiger partial charge on any atom is 0.0931 e. The van der Waals surface area contributed by atoms with E-state index in [0.717, 1.165) is 20.3 Å². The monoisotopic (exact) mass is 314 g/mol. The lowest BCUT2D eigenvalue weighted by molar-refractivity contribution is 0.179. The Morgan fingerprint density at radius 1 is 0.857 bits per heavy atom. The van der Waals surface area contributed by atoms with E-state index in [1.165, 1.54) is 16.9 Å². The molecule has 1 atom stereocenters. The first-order valence-electron chi connectivity index (χ1n) is 6.80. The molecule has 106 valence electrons. The van der Waals surface area contributed by atoms with E-state index in [1.807, 2.05) is 42.5 Å². The van der Waals surface area contributed by atoms with Crippen LogP contribution in [0.1, 0.15) is 16.5 Å². The Hall–Kier alpha value is -1.61. The fraction of sp³-hybridized carbons (Fsp3) is 0.111. The lowest BCUT2D eigenvalue weighted by Gasteiger charge is -2.11. The average Bonchev–Trinajstić information content (AvgIpc) is 2.93. The number of halogens is 1. The summed E-state index contributed by atoms with van der Waals surface area (Å²) in [7, 11) is 0. The molecule has 1 nitrogen and oxygen atoms in total. The van der Waals surface area contributed by atoms with Gasteiger partial charge in [-0.05, 0) is 28.8 Å². The van der Waals surface area contributed by atoms with Crippen molar-refractivity contribution in [2.45, 2.75) is 12.5 Å². The molecule has 0 aliphatic heterocycles. The van der Waals surface area contributed by atoms with Gasteiger partial charge in [0, 0.05) is 11.3 Å². The Balaban J connectivity index is 1.74. The highest BCUT2D eigenvalue weighted by molar-refractivity contribution is 7.16. The zero-order valence-corrected chi connectivity index (χ0v) is 12.9. The maximum atomic E-state index is 10.3. The van der Waals surface area contributed by atoms with Gasteiger partial charge in [-0.25, -0.2) is 0 Å². The van der Waals surface area contributed by atoms with E-state index >= 15 is 0 Å². The van der Waals surface area contributed by atoms with Crippen molar-refractivity contribution < 1.29 is 5.11 Å². The molecule has 0 aliphatic rings. The van der Waals surface area contributed by atoms with Crippen molar-refractivity contribution >= 4 is 22.9 Å². The number of thiophene rings is 1. The SMILES string of the molecule is OC(Cc1ccc(Cl)s1)c1ccc(-c2ccccc2)cc1. The van der Waals surface area contributed by atoms with Crippen LogP contribution in [0.4, 0.5) is 0 Å². The van der Waals surface area contributed by atoms with Gasteiger partial charge < -0.3 is 5.11 Å². The van der Waals surface area contributed by atoms with Crippen molar-refractivity contribution in [2.75, 3.05) is 0 Å². The Labute approximate surface area is 133 Å². The van der Waals surface area contributed by atoms with Crippen LogP contribution in [-0.4, -0.2) is 5.11 Å². The van der Waals surface area contributed by atoms with Crippen molar-refractivity contribution in [3.8, 4) is 11.1 Å². The standard InChI is InChI=1S/C18H15ClOS/c19-18-11-10-16(21-18)12-17(20)15-8-6-14(7-9-15)13-4-2-1-3-5-13/h1-11,17,20H,12H2. The first kappa shape index (κ1) is 14.3. The summed E-state index contributed by atoms with van der Waals surface area (Å²) in [5.74, 6) is 0. The molecule has 0 bridgehead atoms. The molecule has 1 aromatic heterocycles. The summed E-state index contributed by atoms with van der Waals surface area (Å²) in [6.07, 6.45) is 0.103. The summed E-state index contributed by atoms with van der Waals surface area (Å²) in [6.45, 7) is 0. The van der Waals surface area contributed by atoms with E-state index < -0.39 is 6.10 Å². The van der Waals surface area contributed by atoms with Crippen molar-refractivity contribution in [2.24, 2.45) is 0 Å². The Morgan fingerprint density at radius 3 is 2.14 bits per heavy atom. The van der Waals surface area contributed by atoms with Crippen LogP contribution in [0.25, 0.3) is 11.1 Å². The lowest BCUT2D eigenvalue weighted by atomic mass is 10.0. The number of benzene rings is 2. The molecular formula is C18H15ClOS. The average molecular weight is 315 g/mol. The molecule has 21 heavy (non-hydrogen) atoms. The van der Waals surface area contributed by atoms with Gasteiger partial charge in [0.25, 0.3) is 0 Å². The van der Waals surface area contributed by atoms with Gasteiger partial charge in [-0.3, -0.25) is 0 Å². The number of aliphatic hydroxyl groups is 1. The molecule has 1 heterocycles. The van der Waals surface area contributed by atoms with Crippen molar-refractivity contribution in [1.82, 2.24) is 0 Å². The lowest BCUT2D eigenvalue weighted by Crippen LogP contribution is -2.00. The van der Waals surface area contributed by atoms with Crippen LogP contribution >= 0.6 is 22.9 Å². The summed E-state index contributed by atoms with van der Waals surface area (Å²) in [5, 5.41) is 10.3. The second-order valence-corrected chi connectivity index (χ2v) is 6.71. The normalized spacial score (nSPS) is 12.3. The van der Waals surface area contributed by atoms with E-state index in [9.17, 15) is 5.11 Å². The van der Waals surface area contributed by atoms with Crippen LogP contribution < -0.4 is 0 Å². The van der Waals surface area contributed by atoms with Gasteiger partial charge in [0.2, 0.25) is 0 Å². The smallest absolute Gasteiger partial charge is 0.0931 e. The highest BCUT2D eigenvalue weighted by atomic mass is 35.5. The van der Waals surface area contributed by atoms with Crippen LogP contribution in [-0.2, 0) is 6.42 Å². The zero-order valence-electron chi connectivity index (χ0n) is 11.4. The molecular weight excluding hydrogens is 300 g/mol. The van der Waals surface area contributed by atoms with E-state index in [1.54, 1.807) is 0 Å². The maximum absolute atomic E-state index is 10.3. The fourth-order valence-corrected chi connectivity index (χ4v) is 3.42. The van der Waals surface area contributed by atoms with Crippen LogP contribution in [0.15, 0.2) is 66.7 Å². The minimum absolute atomic E-state index is 0.496. The Bertz CT molecular complexity index is 704. The summed E-state index contributed by atoms with van der Waals surface area (Å²) in [6, 6.07) is 22.1. The molecule has 2 aromatic carbocycles. The van der Waals surface area contributed by atoms with E-state index in [0.29, 0.717) is 6.42 Å². The van der Waals surface area contributed by atoms with Crippen molar-refractivity contribution in [3.63, 3.8) is 0 Å².